The van der Waals surface area contributed by atoms with E-state index in [1.807, 2.05) is 6.07 Å². The Morgan fingerprint density at radius 1 is 1.17 bits per heavy atom. The molecule has 0 aliphatic heterocycles. The van der Waals surface area contributed by atoms with Gasteiger partial charge in [-0.15, -0.1) is 5.10 Å². The van der Waals surface area contributed by atoms with E-state index in [4.69, 9.17) is 4.74 Å². The van der Waals surface area contributed by atoms with Crippen LogP contribution in [0, 0.1) is 17.0 Å². The Bertz CT molecular complexity index is 1110. The number of para-hydroxylation sites is 2. The van der Waals surface area contributed by atoms with E-state index in [0.29, 0.717) is 11.4 Å². The number of carbonyl (C=O) groups is 2. The Morgan fingerprint density at radius 3 is 2.53 bits per heavy atom. The van der Waals surface area contributed by atoms with Gasteiger partial charge in [-0.1, -0.05) is 42.5 Å². The van der Waals surface area contributed by atoms with Crippen LogP contribution in [0.25, 0.3) is 11.8 Å². The predicted molar refractivity (Wildman–Crippen MR) is 106 cm³/mol. The molecular formula is C19H16N6O5. The first-order valence-corrected chi connectivity index (χ1v) is 8.68. The third-order valence-electron chi connectivity index (χ3n) is 3.87. The Labute approximate surface area is 170 Å². The third-order valence-corrected chi connectivity index (χ3v) is 3.87. The van der Waals surface area contributed by atoms with Crippen molar-refractivity contribution in [3.63, 3.8) is 0 Å². The first-order chi connectivity index (χ1) is 14.5. The number of rotatable bonds is 7. The molecule has 0 saturated heterocycles. The van der Waals surface area contributed by atoms with Crippen molar-refractivity contribution in [1.29, 1.82) is 0 Å². The van der Waals surface area contributed by atoms with Crippen LogP contribution < -0.4 is 5.32 Å². The number of anilines is 1. The molecule has 2 aromatic carbocycles. The van der Waals surface area contributed by atoms with E-state index < -0.39 is 23.4 Å². The number of tetrazole rings is 1. The quantitative estimate of drug-likeness (QED) is 0.271. The van der Waals surface area contributed by atoms with E-state index in [0.717, 1.165) is 0 Å². The van der Waals surface area contributed by atoms with Crippen molar-refractivity contribution in [2.45, 2.75) is 6.92 Å². The number of ether oxygens (including phenoxy) is 1. The van der Waals surface area contributed by atoms with Gasteiger partial charge in [0.25, 0.3) is 11.6 Å². The van der Waals surface area contributed by atoms with Crippen LogP contribution in [-0.4, -0.2) is 43.6 Å². The van der Waals surface area contributed by atoms with Crippen molar-refractivity contribution in [2.24, 2.45) is 0 Å². The summed E-state index contributed by atoms with van der Waals surface area (Å²) in [6, 6.07) is 14.6. The molecule has 1 N–H and O–H groups in total. The number of hydrogen-bond donors (Lipinski definition) is 1. The van der Waals surface area contributed by atoms with Crippen LogP contribution in [0.15, 0.2) is 54.6 Å². The lowest BCUT2D eigenvalue weighted by atomic mass is 10.2. The van der Waals surface area contributed by atoms with E-state index in [1.165, 1.54) is 35.0 Å². The molecule has 0 fully saturated rings. The third kappa shape index (κ3) is 4.90. The molecular weight excluding hydrogens is 392 g/mol. The van der Waals surface area contributed by atoms with E-state index in [1.54, 1.807) is 31.2 Å². The monoisotopic (exact) mass is 408 g/mol. The number of esters is 1. The Morgan fingerprint density at radius 2 is 1.87 bits per heavy atom. The first kappa shape index (κ1) is 20.3. The fourth-order valence-electron chi connectivity index (χ4n) is 2.50. The van der Waals surface area contributed by atoms with Gasteiger partial charge in [-0.25, -0.2) is 4.79 Å². The number of nitro benzene ring substituents is 1. The second-order valence-electron chi connectivity index (χ2n) is 5.98. The highest BCUT2D eigenvalue weighted by Crippen LogP contribution is 2.23. The van der Waals surface area contributed by atoms with E-state index >= 15 is 0 Å². The lowest BCUT2D eigenvalue weighted by Gasteiger charge is -2.10. The number of nitro groups is 1. The van der Waals surface area contributed by atoms with Gasteiger partial charge >= 0.3 is 5.97 Å². The van der Waals surface area contributed by atoms with Gasteiger partial charge in [0.2, 0.25) is 0 Å². The van der Waals surface area contributed by atoms with Crippen molar-refractivity contribution in [1.82, 2.24) is 20.2 Å². The topological polar surface area (TPSA) is 142 Å². The minimum absolute atomic E-state index is 0.0000733. The maximum atomic E-state index is 12.6. The SMILES string of the molecule is Cc1nnnn1/C(=C\c1ccccc1)C(=O)OCC(=O)Nc1ccccc1[N+](=O)[O-]. The van der Waals surface area contributed by atoms with Crippen molar-refractivity contribution in [3.8, 4) is 0 Å². The molecule has 1 aromatic heterocycles. The summed E-state index contributed by atoms with van der Waals surface area (Å²) in [7, 11) is 0. The van der Waals surface area contributed by atoms with Gasteiger partial charge in [-0.05, 0) is 35.1 Å². The number of amides is 1. The molecule has 0 radical (unpaired) electrons. The summed E-state index contributed by atoms with van der Waals surface area (Å²) in [5.41, 5.74) is 0.428. The molecule has 1 heterocycles. The number of hydrogen-bond acceptors (Lipinski definition) is 8. The largest absolute Gasteiger partial charge is 0.451 e. The van der Waals surface area contributed by atoms with Crippen LogP contribution in [0.3, 0.4) is 0 Å². The summed E-state index contributed by atoms with van der Waals surface area (Å²) < 4.78 is 6.27. The fraction of sp³-hybridized carbons (Fsp3) is 0.105. The van der Waals surface area contributed by atoms with Gasteiger partial charge in [-0.2, -0.15) is 4.68 Å². The number of aromatic nitrogens is 4. The fourth-order valence-corrected chi connectivity index (χ4v) is 2.50. The molecule has 1 amide bonds. The Kier molecular flexibility index (Phi) is 6.23. The summed E-state index contributed by atoms with van der Waals surface area (Å²) in [4.78, 5) is 35.2. The molecule has 0 atom stereocenters. The minimum atomic E-state index is -0.841. The lowest BCUT2D eigenvalue weighted by molar-refractivity contribution is -0.383. The molecule has 11 nitrogen and oxygen atoms in total. The minimum Gasteiger partial charge on any atom is -0.451 e. The summed E-state index contributed by atoms with van der Waals surface area (Å²) in [6.45, 7) is 0.950. The van der Waals surface area contributed by atoms with Crippen molar-refractivity contribution < 1.29 is 19.2 Å². The summed E-state index contributed by atoms with van der Waals surface area (Å²) in [6.07, 6.45) is 1.52. The highest BCUT2D eigenvalue weighted by Gasteiger charge is 2.20. The standard InChI is InChI=1S/C19H16N6O5/c1-13-21-22-23-24(13)17(11-14-7-3-2-4-8-14)19(27)30-12-18(26)20-15-9-5-6-10-16(15)25(28)29/h2-11H,12H2,1H3,(H,20,26)/b17-11-. The predicted octanol–water partition coefficient (Wildman–Crippen LogP) is 2.07. The van der Waals surface area contributed by atoms with E-state index in [2.05, 4.69) is 20.8 Å². The summed E-state index contributed by atoms with van der Waals surface area (Å²) in [5.74, 6) is -1.23. The maximum absolute atomic E-state index is 12.6. The summed E-state index contributed by atoms with van der Waals surface area (Å²) in [5, 5.41) is 24.4. The van der Waals surface area contributed by atoms with Crippen LogP contribution >= 0.6 is 0 Å². The summed E-state index contributed by atoms with van der Waals surface area (Å²) >= 11 is 0. The molecule has 11 heteroatoms. The Balaban J connectivity index is 1.74. The zero-order chi connectivity index (χ0) is 21.5. The van der Waals surface area contributed by atoms with Crippen LogP contribution in [-0.2, 0) is 14.3 Å². The molecule has 30 heavy (non-hydrogen) atoms. The molecule has 0 unspecified atom stereocenters. The van der Waals surface area contributed by atoms with Gasteiger partial charge in [0.05, 0.1) is 4.92 Å². The van der Waals surface area contributed by atoms with Crippen LogP contribution in [0.2, 0.25) is 0 Å². The van der Waals surface area contributed by atoms with Crippen molar-refractivity contribution >= 4 is 35.0 Å². The van der Waals surface area contributed by atoms with E-state index in [-0.39, 0.29) is 17.1 Å². The highest BCUT2D eigenvalue weighted by atomic mass is 16.6. The molecule has 0 aliphatic carbocycles. The van der Waals surface area contributed by atoms with Gasteiger partial charge in [0.1, 0.15) is 5.69 Å². The second kappa shape index (κ2) is 9.19. The van der Waals surface area contributed by atoms with Crippen molar-refractivity contribution in [3.05, 3.63) is 76.1 Å². The molecule has 0 aliphatic rings. The molecule has 3 aromatic rings. The average Bonchev–Trinajstić information content (AvgIpc) is 3.16. The highest BCUT2D eigenvalue weighted by molar-refractivity contribution is 6.15. The van der Waals surface area contributed by atoms with Gasteiger partial charge in [-0.3, -0.25) is 14.9 Å². The smallest absolute Gasteiger partial charge is 0.357 e. The van der Waals surface area contributed by atoms with Gasteiger partial charge < -0.3 is 10.1 Å². The number of nitrogens with one attached hydrogen (secondary N) is 1. The maximum Gasteiger partial charge on any atom is 0.357 e. The number of aryl methyl sites for hydroxylation is 1. The molecule has 3 rings (SSSR count). The molecule has 0 spiro atoms. The number of carbonyl (C=O) groups excluding carboxylic acids is 2. The van der Waals surface area contributed by atoms with Crippen molar-refractivity contribution in [2.75, 3.05) is 11.9 Å². The molecule has 152 valence electrons. The van der Waals surface area contributed by atoms with Crippen LogP contribution in [0.1, 0.15) is 11.4 Å². The first-order valence-electron chi connectivity index (χ1n) is 8.68. The van der Waals surface area contributed by atoms with Gasteiger partial charge in [0.15, 0.2) is 18.1 Å². The molecule has 0 bridgehead atoms. The van der Waals surface area contributed by atoms with E-state index in [9.17, 15) is 19.7 Å². The molecule has 0 saturated carbocycles. The number of benzene rings is 2. The van der Waals surface area contributed by atoms with Crippen LogP contribution in [0.5, 0.6) is 0 Å². The lowest BCUT2D eigenvalue weighted by Crippen LogP contribution is -2.23. The van der Waals surface area contributed by atoms with Crippen LogP contribution in [0.4, 0.5) is 11.4 Å². The zero-order valence-corrected chi connectivity index (χ0v) is 15.8. The Hall–Kier alpha value is -4.41. The average molecular weight is 408 g/mol. The second-order valence-corrected chi connectivity index (χ2v) is 5.98. The van der Waals surface area contributed by atoms with Gasteiger partial charge in [0, 0.05) is 6.07 Å². The normalized spacial score (nSPS) is 11.0. The number of nitrogens with zero attached hydrogens (tertiary/aromatic N) is 5. The zero-order valence-electron chi connectivity index (χ0n) is 15.8.